The number of amides is 3. The molecule has 9 rings (SSSR count). The van der Waals surface area contributed by atoms with E-state index in [1.54, 1.807) is 41.4 Å². The summed E-state index contributed by atoms with van der Waals surface area (Å²) in [5, 5.41) is 19.7. The third kappa shape index (κ3) is 12.3. The van der Waals surface area contributed by atoms with Gasteiger partial charge in [-0.1, -0.05) is 92.7 Å². The number of halogens is 3. The lowest BCUT2D eigenvalue weighted by molar-refractivity contribution is -0.153. The van der Waals surface area contributed by atoms with Crippen molar-refractivity contribution in [2.75, 3.05) is 40.5 Å². The third-order valence-electron chi connectivity index (χ3n) is 12.2. The van der Waals surface area contributed by atoms with Gasteiger partial charge in [0.05, 0.1) is 69.8 Å². The maximum atomic E-state index is 13.9. The summed E-state index contributed by atoms with van der Waals surface area (Å²) in [6.45, 7) is 5.97. The highest BCUT2D eigenvalue weighted by atomic mass is 35.5. The van der Waals surface area contributed by atoms with Crippen LogP contribution in [0.15, 0.2) is 103 Å². The molecule has 5 heterocycles. The lowest BCUT2D eigenvalue weighted by Gasteiger charge is -2.30. The van der Waals surface area contributed by atoms with Gasteiger partial charge >= 0.3 is 18.2 Å². The van der Waals surface area contributed by atoms with Gasteiger partial charge in [-0.05, 0) is 70.5 Å². The Kier molecular flexibility index (Phi) is 18.6. The summed E-state index contributed by atoms with van der Waals surface area (Å²) < 4.78 is 21.2. The van der Waals surface area contributed by atoms with Gasteiger partial charge < -0.3 is 54.9 Å². The molecule has 2 aromatic heterocycles. The smallest absolute Gasteiger partial charge is 0.407 e. The molecule has 3 fully saturated rings. The number of alkyl carbamates (subject to hydrolysis) is 2. The molecule has 0 radical (unpaired) electrons. The van der Waals surface area contributed by atoms with Gasteiger partial charge in [0.25, 0.3) is 0 Å². The molecule has 17 nitrogen and oxygen atoms in total. The monoisotopic (exact) mass is 1010 g/mol. The number of carbonyl (C=O) groups excluding carboxylic acids is 3. The predicted molar refractivity (Wildman–Crippen MR) is 267 cm³/mol. The van der Waals surface area contributed by atoms with E-state index in [2.05, 4.69) is 96.3 Å². The third-order valence-corrected chi connectivity index (χ3v) is 12.2. The number of hydrogen-bond donors (Lipinski definition) is 6. The van der Waals surface area contributed by atoms with Gasteiger partial charge in [-0.2, -0.15) is 0 Å². The Morgan fingerprint density at radius 3 is 1.93 bits per heavy atom. The molecule has 0 aliphatic carbocycles. The lowest BCUT2D eigenvalue weighted by atomic mass is 9.98. The number of hydrogen-bond acceptors (Lipinski definition) is 11. The quantitative estimate of drug-likeness (QED) is 0.0719. The number of nitrogens with one attached hydrogen (secondary N) is 5. The van der Waals surface area contributed by atoms with E-state index in [9.17, 15) is 19.2 Å². The number of methoxy groups -OCH3 is 2. The van der Waals surface area contributed by atoms with Crippen molar-refractivity contribution < 1.29 is 43.2 Å². The van der Waals surface area contributed by atoms with E-state index in [1.165, 1.54) is 31.4 Å². The molecule has 3 amide bonds. The van der Waals surface area contributed by atoms with E-state index in [0.717, 1.165) is 52.4 Å². The van der Waals surface area contributed by atoms with Crippen molar-refractivity contribution in [2.45, 2.75) is 63.1 Å². The molecule has 0 bridgehead atoms. The maximum absolute atomic E-state index is 13.9. The molecule has 3 saturated heterocycles. The molecule has 4 atom stereocenters. The minimum absolute atomic E-state index is 0. The van der Waals surface area contributed by atoms with Crippen LogP contribution in [0.5, 0.6) is 0 Å². The number of rotatable bonds is 11. The normalized spacial score (nSPS) is 17.6. The standard InChI is InChI=1S/C39H43N7O5.C10H11NO4.3ClH/c1-23(2)34(45-38(48)49-3)37(47)46-22-39(50-15-16-51-39)19-33(46)36-42-20-31(44-36)25-8-6-24(7-9-25)26-10-11-28-18-29(13-12-27(28)17-26)32-21-41-35(43-32)30-5-4-14-40-30;1-15-10(14)11-8(9(12)13)7-5-3-2-4-6-7;;;/h6-13,17-18,20-21,23,30,33-34,40H,4-5,14-16,19,22H2,1-3H3,(H,41,43)(H,42,44)(H,45,48);2-6,8H,1H3,(H,11,14)(H,12,13);3*1H/t30-,33-,34-;8-;;;/m01.../s1. The Hall–Kier alpha value is -6.21. The summed E-state index contributed by atoms with van der Waals surface area (Å²) in [5.74, 6) is -0.800. The highest BCUT2D eigenvalue weighted by Crippen LogP contribution is 2.43. The van der Waals surface area contributed by atoms with Gasteiger partial charge in [0, 0.05) is 12.0 Å². The minimum Gasteiger partial charge on any atom is -0.479 e. The zero-order chi connectivity index (χ0) is 46.4. The number of aliphatic carboxylic acids is 1. The van der Waals surface area contributed by atoms with Crippen molar-refractivity contribution in [3.05, 3.63) is 121 Å². The Morgan fingerprint density at radius 1 is 0.754 bits per heavy atom. The van der Waals surface area contributed by atoms with E-state index >= 15 is 0 Å². The maximum Gasteiger partial charge on any atom is 0.407 e. The van der Waals surface area contributed by atoms with Gasteiger partial charge in [0.1, 0.15) is 17.7 Å². The van der Waals surface area contributed by atoms with Crippen LogP contribution in [0.2, 0.25) is 0 Å². The molecule has 6 N–H and O–H groups in total. The van der Waals surface area contributed by atoms with Gasteiger partial charge in [0.15, 0.2) is 11.8 Å². The first-order chi connectivity index (χ1) is 31.9. The van der Waals surface area contributed by atoms with E-state index in [-0.39, 0.29) is 55.6 Å². The number of nitrogens with zero attached hydrogens (tertiary/aromatic N) is 3. The van der Waals surface area contributed by atoms with Crippen LogP contribution < -0.4 is 16.0 Å². The van der Waals surface area contributed by atoms with Gasteiger partial charge in [-0.3, -0.25) is 4.79 Å². The largest absolute Gasteiger partial charge is 0.479 e. The zero-order valence-electron chi connectivity index (χ0n) is 38.4. The second-order valence-electron chi connectivity index (χ2n) is 16.8. The van der Waals surface area contributed by atoms with Gasteiger partial charge in [0.2, 0.25) is 5.91 Å². The van der Waals surface area contributed by atoms with Crippen LogP contribution in [0.1, 0.15) is 68.4 Å². The molecule has 0 saturated carbocycles. The van der Waals surface area contributed by atoms with Crippen molar-refractivity contribution in [3.63, 3.8) is 0 Å². The Bertz CT molecular complexity index is 2670. The predicted octanol–water partition coefficient (Wildman–Crippen LogP) is 8.54. The molecule has 0 unspecified atom stereocenters. The van der Waals surface area contributed by atoms with Crippen molar-refractivity contribution in [2.24, 2.45) is 5.92 Å². The van der Waals surface area contributed by atoms with Crippen molar-refractivity contribution in [1.29, 1.82) is 0 Å². The lowest BCUT2D eigenvalue weighted by Crippen LogP contribution is -2.52. The second kappa shape index (κ2) is 23.9. The average molecular weight is 1010 g/mol. The number of carboxylic acids is 1. The summed E-state index contributed by atoms with van der Waals surface area (Å²) in [5.41, 5.74) is 6.69. The van der Waals surface area contributed by atoms with Gasteiger partial charge in [-0.15, -0.1) is 37.2 Å². The summed E-state index contributed by atoms with van der Waals surface area (Å²) in [6.07, 6.45) is 5.02. The average Bonchev–Trinajstić information content (AvgIpc) is 4.21. The molecule has 4 aromatic carbocycles. The fourth-order valence-corrected chi connectivity index (χ4v) is 8.68. The highest BCUT2D eigenvalue weighted by molar-refractivity contribution is 5.91. The zero-order valence-corrected chi connectivity index (χ0v) is 40.9. The molecule has 368 valence electrons. The van der Waals surface area contributed by atoms with Crippen LogP contribution in [-0.4, -0.2) is 106 Å². The number of aromatic nitrogens is 4. The van der Waals surface area contributed by atoms with Crippen molar-refractivity contribution >= 4 is 72.1 Å². The Balaban J connectivity index is 0.000000426. The Morgan fingerprint density at radius 2 is 1.32 bits per heavy atom. The molecule has 6 aromatic rings. The molecule has 20 heteroatoms. The number of benzene rings is 4. The SMILES string of the molecule is COC(=O)N[C@@H](C(=O)O)c1ccccc1.COC(=O)N[C@H](C(=O)N1CC2(C[C@H]1c1ncc(-c3ccc(-c4ccc5cc(-c6cnc([C@@H]7CCCN7)[nH]6)ccc5c4)cc3)[nH]1)OCCO2)C(C)C.Cl.Cl.Cl. The minimum atomic E-state index is -1.13. The first kappa shape index (κ1) is 53.7. The van der Waals surface area contributed by atoms with Crippen LogP contribution in [0, 0.1) is 5.92 Å². The molecule has 69 heavy (non-hydrogen) atoms. The van der Waals surface area contributed by atoms with Gasteiger partial charge in [-0.25, -0.2) is 24.4 Å². The number of ether oxygens (including phenoxy) is 4. The number of imidazole rings is 2. The second-order valence-corrected chi connectivity index (χ2v) is 16.8. The van der Waals surface area contributed by atoms with E-state index < -0.39 is 42.1 Å². The number of fused-ring (bicyclic) bond motifs is 1. The van der Waals surface area contributed by atoms with Crippen LogP contribution in [-0.2, 0) is 28.5 Å². The van der Waals surface area contributed by atoms with Crippen LogP contribution in [0.25, 0.3) is 44.4 Å². The summed E-state index contributed by atoms with van der Waals surface area (Å²) in [4.78, 5) is 65.9. The fourth-order valence-electron chi connectivity index (χ4n) is 8.68. The van der Waals surface area contributed by atoms with E-state index in [0.29, 0.717) is 37.1 Å². The number of H-pyrrole nitrogens is 2. The van der Waals surface area contributed by atoms with Crippen molar-refractivity contribution in [1.82, 2.24) is 40.8 Å². The van der Waals surface area contributed by atoms with Crippen molar-refractivity contribution in [3.8, 4) is 33.6 Å². The number of aromatic amines is 2. The molecule has 3 aliphatic heterocycles. The molecule has 1 spiro atoms. The summed E-state index contributed by atoms with van der Waals surface area (Å²) in [7, 11) is 2.46. The highest BCUT2D eigenvalue weighted by Gasteiger charge is 2.52. The first-order valence-corrected chi connectivity index (χ1v) is 22.0. The Labute approximate surface area is 418 Å². The van der Waals surface area contributed by atoms with E-state index in [4.69, 9.17) is 24.3 Å². The summed E-state index contributed by atoms with van der Waals surface area (Å²) >= 11 is 0. The van der Waals surface area contributed by atoms with Crippen LogP contribution in [0.3, 0.4) is 0 Å². The number of likely N-dealkylation sites (tertiary alicyclic amines) is 1. The topological polar surface area (TPSA) is 222 Å². The fraction of sp³-hybridized carbons (Fsp3) is 0.347. The van der Waals surface area contributed by atoms with E-state index in [1.807, 2.05) is 20.0 Å². The summed E-state index contributed by atoms with van der Waals surface area (Å²) in [6, 6.07) is 27.9. The first-order valence-electron chi connectivity index (χ1n) is 22.0. The van der Waals surface area contributed by atoms with Crippen LogP contribution in [0.4, 0.5) is 9.59 Å². The number of carboxylic acid groups (broad SMARTS) is 1. The molecular formula is C49H57Cl3N8O9. The van der Waals surface area contributed by atoms with Crippen LogP contribution >= 0.6 is 37.2 Å². The molecule has 3 aliphatic rings. The molecular weight excluding hydrogens is 951 g/mol. The number of carbonyl (C=O) groups is 4.